The molecule has 26 heavy (non-hydrogen) atoms. The molecule has 0 atom stereocenters. The molecule has 1 fully saturated rings. The quantitative estimate of drug-likeness (QED) is 0.599. The van der Waals surface area contributed by atoms with Gasteiger partial charge in [-0.05, 0) is 17.2 Å². The molecule has 3 rings (SSSR count). The highest BCUT2D eigenvalue weighted by Crippen LogP contribution is 2.19. The minimum Gasteiger partial charge on any atom is -0.379 e. The molecule has 7 heteroatoms. The summed E-state index contributed by atoms with van der Waals surface area (Å²) in [5.41, 5.74) is 3.51. The van der Waals surface area contributed by atoms with Crippen molar-refractivity contribution in [3.8, 4) is 11.1 Å². The van der Waals surface area contributed by atoms with Gasteiger partial charge in [0.2, 0.25) is 0 Å². The number of nitrogens with one attached hydrogen (secondary N) is 2. The number of rotatable bonds is 6. The highest BCUT2D eigenvalue weighted by atomic mass is 16.5. The lowest BCUT2D eigenvalue weighted by atomic mass is 10.1. The monoisotopic (exact) mass is 356 g/mol. The summed E-state index contributed by atoms with van der Waals surface area (Å²) >= 11 is 0. The van der Waals surface area contributed by atoms with Crippen molar-refractivity contribution in [3.63, 3.8) is 0 Å². The largest absolute Gasteiger partial charge is 0.379 e. The molecule has 0 unspecified atom stereocenters. The van der Waals surface area contributed by atoms with Gasteiger partial charge in [0.1, 0.15) is 0 Å². The molecule has 2 heterocycles. The van der Waals surface area contributed by atoms with Crippen LogP contribution in [-0.4, -0.2) is 67.1 Å². The number of aliphatic imine (C=N–C) groups is 1. The first-order valence-electron chi connectivity index (χ1n) is 9.07. The van der Waals surface area contributed by atoms with Gasteiger partial charge in [-0.2, -0.15) is 5.10 Å². The van der Waals surface area contributed by atoms with Crippen molar-refractivity contribution in [3.05, 3.63) is 42.2 Å². The third kappa shape index (κ3) is 5.31. The van der Waals surface area contributed by atoms with E-state index < -0.39 is 0 Å². The summed E-state index contributed by atoms with van der Waals surface area (Å²) in [6.45, 7) is 6.28. The second kappa shape index (κ2) is 9.35. The van der Waals surface area contributed by atoms with Gasteiger partial charge in [0.15, 0.2) is 5.96 Å². The van der Waals surface area contributed by atoms with Crippen LogP contribution in [0.1, 0.15) is 5.56 Å². The number of hydrogen-bond donors (Lipinski definition) is 2. The number of aryl methyl sites for hydroxylation is 1. The van der Waals surface area contributed by atoms with Gasteiger partial charge in [0, 0.05) is 58.6 Å². The summed E-state index contributed by atoms with van der Waals surface area (Å²) in [4.78, 5) is 6.71. The van der Waals surface area contributed by atoms with Crippen LogP contribution in [0.15, 0.2) is 41.7 Å². The third-order valence-corrected chi connectivity index (χ3v) is 4.47. The van der Waals surface area contributed by atoms with Gasteiger partial charge in [-0.3, -0.25) is 14.6 Å². The molecule has 1 aromatic heterocycles. The third-order valence-electron chi connectivity index (χ3n) is 4.47. The van der Waals surface area contributed by atoms with Crippen molar-refractivity contribution in [2.24, 2.45) is 12.0 Å². The Hall–Kier alpha value is -2.38. The van der Waals surface area contributed by atoms with Crippen LogP contribution in [0.4, 0.5) is 0 Å². The maximum atomic E-state index is 5.38. The summed E-state index contributed by atoms with van der Waals surface area (Å²) in [5, 5.41) is 11.0. The summed E-state index contributed by atoms with van der Waals surface area (Å²) in [6.07, 6.45) is 3.91. The van der Waals surface area contributed by atoms with E-state index in [1.807, 2.05) is 24.1 Å². The molecule has 0 radical (unpaired) electrons. The summed E-state index contributed by atoms with van der Waals surface area (Å²) in [5.74, 6) is 0.824. The Bertz CT molecular complexity index is 720. The Labute approximate surface area is 155 Å². The van der Waals surface area contributed by atoms with Crippen LogP contribution < -0.4 is 10.6 Å². The van der Waals surface area contributed by atoms with Crippen molar-refractivity contribution >= 4 is 5.96 Å². The van der Waals surface area contributed by atoms with Crippen molar-refractivity contribution < 1.29 is 4.74 Å². The fourth-order valence-electron chi connectivity index (χ4n) is 2.99. The molecular formula is C19H28N6O. The van der Waals surface area contributed by atoms with Crippen LogP contribution in [0.5, 0.6) is 0 Å². The first kappa shape index (κ1) is 18.4. The molecule has 140 valence electrons. The van der Waals surface area contributed by atoms with Gasteiger partial charge in [0.25, 0.3) is 0 Å². The Kier molecular flexibility index (Phi) is 6.62. The Morgan fingerprint density at radius 1 is 1.23 bits per heavy atom. The maximum absolute atomic E-state index is 5.38. The predicted octanol–water partition coefficient (Wildman–Crippen LogP) is 1.08. The van der Waals surface area contributed by atoms with Gasteiger partial charge >= 0.3 is 0 Å². The van der Waals surface area contributed by atoms with Gasteiger partial charge in [-0.1, -0.05) is 18.2 Å². The highest BCUT2D eigenvalue weighted by Gasteiger charge is 2.09. The van der Waals surface area contributed by atoms with Crippen molar-refractivity contribution in [2.45, 2.75) is 6.54 Å². The van der Waals surface area contributed by atoms with Crippen LogP contribution in [-0.2, 0) is 18.3 Å². The maximum Gasteiger partial charge on any atom is 0.191 e. The van der Waals surface area contributed by atoms with Gasteiger partial charge in [0.05, 0.1) is 19.4 Å². The van der Waals surface area contributed by atoms with Crippen LogP contribution in [0.25, 0.3) is 11.1 Å². The minimum atomic E-state index is 0.728. The van der Waals surface area contributed by atoms with Crippen LogP contribution in [0, 0.1) is 0 Å². The van der Waals surface area contributed by atoms with Crippen LogP contribution in [0.2, 0.25) is 0 Å². The number of aromatic nitrogens is 2. The average molecular weight is 356 g/mol. The van der Waals surface area contributed by atoms with Gasteiger partial charge < -0.3 is 15.4 Å². The average Bonchev–Trinajstić information content (AvgIpc) is 3.12. The zero-order valence-corrected chi connectivity index (χ0v) is 15.6. The van der Waals surface area contributed by atoms with E-state index in [1.54, 1.807) is 7.05 Å². The Morgan fingerprint density at radius 2 is 2.08 bits per heavy atom. The summed E-state index contributed by atoms with van der Waals surface area (Å²) in [7, 11) is 3.73. The van der Waals surface area contributed by atoms with E-state index >= 15 is 0 Å². The molecule has 0 saturated carbocycles. The number of guanidine groups is 1. The predicted molar refractivity (Wildman–Crippen MR) is 104 cm³/mol. The number of nitrogens with zero attached hydrogens (tertiary/aromatic N) is 4. The lowest BCUT2D eigenvalue weighted by molar-refractivity contribution is 0.0389. The molecule has 2 N–H and O–H groups in total. The van der Waals surface area contributed by atoms with Crippen molar-refractivity contribution in [2.75, 3.05) is 46.4 Å². The summed E-state index contributed by atoms with van der Waals surface area (Å²) in [6, 6.07) is 8.49. The van der Waals surface area contributed by atoms with E-state index in [1.165, 1.54) is 11.1 Å². The Balaban J connectivity index is 1.47. The zero-order chi connectivity index (χ0) is 18.2. The molecule has 0 bridgehead atoms. The first-order chi connectivity index (χ1) is 12.7. The molecule has 1 saturated heterocycles. The lowest BCUT2D eigenvalue weighted by Gasteiger charge is -2.26. The fraction of sp³-hybridized carbons (Fsp3) is 0.474. The highest BCUT2D eigenvalue weighted by molar-refractivity contribution is 5.79. The first-order valence-corrected chi connectivity index (χ1v) is 9.07. The van der Waals surface area contributed by atoms with E-state index in [0.717, 1.165) is 57.5 Å². The molecule has 0 amide bonds. The van der Waals surface area contributed by atoms with E-state index in [4.69, 9.17) is 4.74 Å². The lowest BCUT2D eigenvalue weighted by Crippen LogP contribution is -2.44. The van der Waals surface area contributed by atoms with E-state index in [-0.39, 0.29) is 0 Å². The standard InChI is InChI=1S/C19H28N6O/c1-20-19(21-6-7-25-8-10-26-11-9-25)22-13-16-4-3-5-17(12-16)18-14-23-24(2)15-18/h3-5,12,14-15H,6-11,13H2,1-2H3,(H2,20,21,22). The van der Waals surface area contributed by atoms with Crippen molar-refractivity contribution in [1.82, 2.24) is 25.3 Å². The number of benzene rings is 1. The summed E-state index contributed by atoms with van der Waals surface area (Å²) < 4.78 is 7.20. The molecule has 0 spiro atoms. The van der Waals surface area contributed by atoms with Crippen LogP contribution in [0.3, 0.4) is 0 Å². The topological polar surface area (TPSA) is 66.7 Å². The van der Waals surface area contributed by atoms with Crippen LogP contribution >= 0.6 is 0 Å². The Morgan fingerprint density at radius 3 is 2.81 bits per heavy atom. The van der Waals surface area contributed by atoms with Crippen molar-refractivity contribution in [1.29, 1.82) is 0 Å². The fourth-order valence-corrected chi connectivity index (χ4v) is 2.99. The second-order valence-corrected chi connectivity index (χ2v) is 6.41. The molecule has 2 aromatic rings. The van der Waals surface area contributed by atoms with Gasteiger partial charge in [-0.15, -0.1) is 0 Å². The SMILES string of the molecule is CN=C(NCCN1CCOCC1)NCc1cccc(-c2cnn(C)c2)c1. The molecule has 1 aliphatic rings. The molecule has 1 aromatic carbocycles. The number of hydrogen-bond acceptors (Lipinski definition) is 4. The molecule has 1 aliphatic heterocycles. The normalized spacial score (nSPS) is 15.8. The number of ether oxygens (including phenoxy) is 1. The van der Waals surface area contributed by atoms with E-state index in [2.05, 4.69) is 49.9 Å². The smallest absolute Gasteiger partial charge is 0.191 e. The number of morpholine rings is 1. The molecular weight excluding hydrogens is 328 g/mol. The zero-order valence-electron chi connectivity index (χ0n) is 15.6. The van der Waals surface area contributed by atoms with E-state index in [0.29, 0.717) is 0 Å². The molecule has 7 nitrogen and oxygen atoms in total. The second-order valence-electron chi connectivity index (χ2n) is 6.41. The molecule has 0 aliphatic carbocycles. The van der Waals surface area contributed by atoms with E-state index in [9.17, 15) is 0 Å². The minimum absolute atomic E-state index is 0.728. The van der Waals surface area contributed by atoms with Gasteiger partial charge in [-0.25, -0.2) is 0 Å².